The SMILES string of the molecule is C=CC(=O)OCCCCCCOc1c2ccsc2c(C)c2cc(-c3ccc(C#N)cc3C)sc12. The molecular formula is C28H27NO3S2. The van der Waals surface area contributed by atoms with Crippen LogP contribution < -0.4 is 4.74 Å². The maximum Gasteiger partial charge on any atom is 0.330 e. The fourth-order valence-electron chi connectivity index (χ4n) is 4.11. The Kier molecular flexibility index (Phi) is 7.66. The molecule has 4 nitrogen and oxygen atoms in total. The van der Waals surface area contributed by atoms with E-state index in [4.69, 9.17) is 9.47 Å². The molecule has 0 bridgehead atoms. The Morgan fingerprint density at radius 2 is 1.85 bits per heavy atom. The van der Waals surface area contributed by atoms with Gasteiger partial charge in [-0.25, -0.2) is 4.79 Å². The van der Waals surface area contributed by atoms with Crippen LogP contribution >= 0.6 is 22.7 Å². The second kappa shape index (κ2) is 10.9. The molecule has 174 valence electrons. The minimum atomic E-state index is -0.363. The van der Waals surface area contributed by atoms with Gasteiger partial charge in [0.25, 0.3) is 0 Å². The maximum atomic E-state index is 11.1. The summed E-state index contributed by atoms with van der Waals surface area (Å²) in [5.74, 6) is 0.609. The molecule has 4 aromatic rings. The second-order valence-electron chi connectivity index (χ2n) is 8.25. The fourth-order valence-corrected chi connectivity index (χ4v) is 6.34. The summed E-state index contributed by atoms with van der Waals surface area (Å²) in [6, 6.07) is 12.5. The van der Waals surface area contributed by atoms with Crippen LogP contribution in [0.4, 0.5) is 0 Å². The van der Waals surface area contributed by atoms with Gasteiger partial charge in [-0.15, -0.1) is 22.7 Å². The number of hydrogen-bond donors (Lipinski definition) is 0. The first-order valence-corrected chi connectivity index (χ1v) is 13.1. The summed E-state index contributed by atoms with van der Waals surface area (Å²) in [5, 5.41) is 13.7. The average molecular weight is 490 g/mol. The fraction of sp³-hybridized carbons (Fsp3) is 0.286. The van der Waals surface area contributed by atoms with Crippen molar-refractivity contribution >= 4 is 48.8 Å². The minimum absolute atomic E-state index is 0.363. The van der Waals surface area contributed by atoms with Crippen molar-refractivity contribution in [2.45, 2.75) is 39.5 Å². The molecule has 0 radical (unpaired) electrons. The normalized spacial score (nSPS) is 11.0. The molecule has 2 heterocycles. The molecule has 0 aliphatic rings. The van der Waals surface area contributed by atoms with Crippen molar-refractivity contribution in [2.75, 3.05) is 13.2 Å². The van der Waals surface area contributed by atoms with Crippen molar-refractivity contribution in [1.82, 2.24) is 0 Å². The number of rotatable bonds is 10. The van der Waals surface area contributed by atoms with Crippen molar-refractivity contribution in [1.29, 1.82) is 5.26 Å². The third kappa shape index (κ3) is 5.01. The van der Waals surface area contributed by atoms with Gasteiger partial charge in [0, 0.05) is 26.4 Å². The molecule has 0 unspecified atom stereocenters. The zero-order valence-electron chi connectivity index (χ0n) is 19.5. The quantitative estimate of drug-likeness (QED) is 0.129. The number of aryl methyl sites for hydroxylation is 2. The van der Waals surface area contributed by atoms with E-state index in [2.05, 4.69) is 44.0 Å². The van der Waals surface area contributed by atoms with Crippen LogP contribution in [0.15, 0.2) is 48.4 Å². The van der Waals surface area contributed by atoms with Crippen molar-refractivity contribution in [3.63, 3.8) is 0 Å². The van der Waals surface area contributed by atoms with Crippen LogP contribution in [0.5, 0.6) is 5.75 Å². The van der Waals surface area contributed by atoms with Gasteiger partial charge in [-0.1, -0.05) is 12.6 Å². The first-order chi connectivity index (χ1) is 16.5. The van der Waals surface area contributed by atoms with Gasteiger partial charge in [0.15, 0.2) is 0 Å². The Labute approximate surface area is 208 Å². The lowest BCUT2D eigenvalue weighted by atomic mass is 10.0. The van der Waals surface area contributed by atoms with Crippen molar-refractivity contribution in [2.24, 2.45) is 0 Å². The Balaban J connectivity index is 1.52. The van der Waals surface area contributed by atoms with E-state index < -0.39 is 0 Å². The smallest absolute Gasteiger partial charge is 0.330 e. The summed E-state index contributed by atoms with van der Waals surface area (Å²) in [6.07, 6.45) is 5.00. The Hall–Kier alpha value is -3.14. The second-order valence-corrected chi connectivity index (χ2v) is 10.2. The summed E-state index contributed by atoms with van der Waals surface area (Å²) < 4.78 is 13.9. The van der Waals surface area contributed by atoms with Crippen molar-refractivity contribution < 1.29 is 14.3 Å². The molecule has 2 aromatic carbocycles. The molecule has 4 rings (SSSR count). The predicted molar refractivity (Wildman–Crippen MR) is 142 cm³/mol. The Morgan fingerprint density at radius 3 is 2.59 bits per heavy atom. The van der Waals surface area contributed by atoms with Gasteiger partial charge in [0.2, 0.25) is 0 Å². The van der Waals surface area contributed by atoms with E-state index in [1.807, 2.05) is 18.2 Å². The van der Waals surface area contributed by atoms with E-state index in [0.717, 1.165) is 42.6 Å². The van der Waals surface area contributed by atoms with E-state index in [1.54, 1.807) is 22.7 Å². The van der Waals surface area contributed by atoms with E-state index in [-0.39, 0.29) is 5.97 Å². The zero-order valence-corrected chi connectivity index (χ0v) is 21.1. The average Bonchev–Trinajstić information content (AvgIpc) is 3.50. The minimum Gasteiger partial charge on any atom is -0.491 e. The zero-order chi connectivity index (χ0) is 24.1. The maximum absolute atomic E-state index is 11.1. The van der Waals surface area contributed by atoms with Gasteiger partial charge in [0.1, 0.15) is 5.75 Å². The lowest BCUT2D eigenvalue weighted by molar-refractivity contribution is -0.137. The highest BCUT2D eigenvalue weighted by Gasteiger charge is 2.18. The number of nitriles is 1. The number of carbonyl (C=O) groups is 1. The van der Waals surface area contributed by atoms with Gasteiger partial charge < -0.3 is 9.47 Å². The highest BCUT2D eigenvalue weighted by Crippen LogP contribution is 2.47. The molecule has 0 aliphatic carbocycles. The first kappa shape index (κ1) is 24.0. The van der Waals surface area contributed by atoms with Crippen molar-refractivity contribution in [3.8, 4) is 22.3 Å². The largest absolute Gasteiger partial charge is 0.491 e. The number of ether oxygens (including phenoxy) is 2. The highest BCUT2D eigenvalue weighted by molar-refractivity contribution is 7.23. The molecule has 0 N–H and O–H groups in total. The topological polar surface area (TPSA) is 59.3 Å². The molecule has 0 saturated heterocycles. The molecule has 34 heavy (non-hydrogen) atoms. The van der Waals surface area contributed by atoms with Crippen LogP contribution in [-0.2, 0) is 9.53 Å². The van der Waals surface area contributed by atoms with Gasteiger partial charge in [-0.3, -0.25) is 0 Å². The van der Waals surface area contributed by atoms with Gasteiger partial charge in [-0.2, -0.15) is 5.26 Å². The predicted octanol–water partition coefficient (Wildman–Crippen LogP) is 7.94. The summed E-state index contributed by atoms with van der Waals surface area (Å²) in [4.78, 5) is 12.3. The number of carbonyl (C=O) groups excluding carboxylic acids is 1. The van der Waals surface area contributed by atoms with Crippen LogP contribution in [0, 0.1) is 25.2 Å². The number of unbranched alkanes of at least 4 members (excludes halogenated alkanes) is 3. The molecule has 0 saturated carbocycles. The van der Waals surface area contributed by atoms with E-state index in [0.29, 0.717) is 18.8 Å². The summed E-state index contributed by atoms with van der Waals surface area (Å²) in [5.41, 5.74) is 4.23. The lowest BCUT2D eigenvalue weighted by Crippen LogP contribution is -2.02. The molecule has 0 aliphatic heterocycles. The molecule has 0 amide bonds. The van der Waals surface area contributed by atoms with Crippen LogP contribution in [0.3, 0.4) is 0 Å². The molecule has 2 aromatic heterocycles. The lowest BCUT2D eigenvalue weighted by Gasteiger charge is -2.11. The summed E-state index contributed by atoms with van der Waals surface area (Å²) in [6.45, 7) is 8.73. The molecule has 0 atom stereocenters. The Bertz CT molecular complexity index is 1390. The molecule has 6 heteroatoms. The number of fused-ring (bicyclic) bond motifs is 2. The Morgan fingerprint density at radius 1 is 1.06 bits per heavy atom. The number of nitrogens with zero attached hydrogens (tertiary/aromatic N) is 1. The van der Waals surface area contributed by atoms with E-state index in [9.17, 15) is 10.1 Å². The standard InChI is InChI=1S/C28H27NO3S2/c1-4-25(30)31-12-7-5-6-8-13-32-26-22-11-14-33-27(22)19(3)23-16-24(34-28(23)26)21-10-9-20(17-29)15-18(21)2/h4,9-11,14-16H,1,5-8,12-13H2,2-3H3. The van der Waals surface area contributed by atoms with Crippen LogP contribution in [0.25, 0.3) is 30.6 Å². The third-order valence-corrected chi connectivity index (χ3v) is 8.11. The van der Waals surface area contributed by atoms with E-state index >= 15 is 0 Å². The number of hydrogen-bond acceptors (Lipinski definition) is 6. The molecular weight excluding hydrogens is 462 g/mol. The summed E-state index contributed by atoms with van der Waals surface area (Å²) >= 11 is 3.51. The van der Waals surface area contributed by atoms with Crippen molar-refractivity contribution in [3.05, 3.63) is 65.1 Å². The van der Waals surface area contributed by atoms with Crippen LogP contribution in [0.1, 0.15) is 42.4 Å². The van der Waals surface area contributed by atoms with Gasteiger partial charge >= 0.3 is 5.97 Å². The van der Waals surface area contributed by atoms with Crippen LogP contribution in [-0.4, -0.2) is 19.2 Å². The van der Waals surface area contributed by atoms with Gasteiger partial charge in [-0.05, 0) is 85.9 Å². The number of esters is 1. The molecule has 0 spiro atoms. The van der Waals surface area contributed by atoms with E-state index in [1.165, 1.54) is 36.7 Å². The molecule has 0 fully saturated rings. The van der Waals surface area contributed by atoms with Gasteiger partial charge in [0.05, 0.1) is 29.5 Å². The number of benzene rings is 2. The third-order valence-electron chi connectivity index (χ3n) is 5.91. The monoisotopic (exact) mass is 489 g/mol. The number of thiophene rings is 2. The highest BCUT2D eigenvalue weighted by atomic mass is 32.1. The summed E-state index contributed by atoms with van der Waals surface area (Å²) in [7, 11) is 0. The van der Waals surface area contributed by atoms with Crippen LogP contribution in [0.2, 0.25) is 0 Å². The first-order valence-electron chi connectivity index (χ1n) is 11.4.